The lowest BCUT2D eigenvalue weighted by atomic mass is 10.2. The van der Waals surface area contributed by atoms with E-state index in [1.54, 1.807) is 20.8 Å². The molecule has 1 amide bonds. The molecule has 0 bridgehead atoms. The maximum atomic E-state index is 10.9. The Kier molecular flexibility index (Phi) is 3.87. The molecule has 7 nitrogen and oxygen atoms in total. The van der Waals surface area contributed by atoms with Crippen LogP contribution in [0.4, 0.5) is 17.1 Å². The molecule has 7 heteroatoms. The van der Waals surface area contributed by atoms with Crippen molar-refractivity contribution in [3.05, 3.63) is 28.3 Å². The minimum absolute atomic E-state index is 0.0261. The molecule has 0 heterocycles. The second-order valence-electron chi connectivity index (χ2n) is 4.64. The van der Waals surface area contributed by atoms with Gasteiger partial charge in [0.05, 0.1) is 16.2 Å². The van der Waals surface area contributed by atoms with Gasteiger partial charge in [0, 0.05) is 6.07 Å². The van der Waals surface area contributed by atoms with E-state index < -0.39 is 10.5 Å². The van der Waals surface area contributed by atoms with Gasteiger partial charge in [0.25, 0.3) is 5.69 Å². The third kappa shape index (κ3) is 3.42. The molecule has 2 N–H and O–H groups in total. The third-order valence-electron chi connectivity index (χ3n) is 1.93. The molecule has 1 aromatic carbocycles. The number of nitro groups is 1. The Labute approximate surface area is 104 Å². The van der Waals surface area contributed by atoms with Crippen molar-refractivity contribution in [3.63, 3.8) is 0 Å². The molecule has 0 saturated carbocycles. The number of nitrogens with two attached hydrogens (primary N) is 1. The standard InChI is InChI=1S/C11H15N3O4/c1-11(2,3)18-13(7-15)8-4-5-10(14(16)17)9(12)6-8/h4-7H,12H2,1-3H3. The highest BCUT2D eigenvalue weighted by Gasteiger charge is 2.19. The van der Waals surface area contributed by atoms with Crippen molar-refractivity contribution < 1.29 is 14.6 Å². The topological polar surface area (TPSA) is 98.7 Å². The number of benzene rings is 1. The smallest absolute Gasteiger partial charge is 0.292 e. The molecule has 0 fully saturated rings. The molecule has 18 heavy (non-hydrogen) atoms. The fraction of sp³-hybridized carbons (Fsp3) is 0.364. The summed E-state index contributed by atoms with van der Waals surface area (Å²) in [5.41, 5.74) is 5.07. The maximum absolute atomic E-state index is 10.9. The quantitative estimate of drug-likeness (QED) is 0.382. The van der Waals surface area contributed by atoms with Gasteiger partial charge in [-0.05, 0) is 32.9 Å². The fourth-order valence-electron chi connectivity index (χ4n) is 1.28. The van der Waals surface area contributed by atoms with Crippen LogP contribution in [0.15, 0.2) is 18.2 Å². The number of anilines is 2. The van der Waals surface area contributed by atoms with Crippen molar-refractivity contribution in [1.82, 2.24) is 0 Å². The summed E-state index contributed by atoms with van der Waals surface area (Å²) in [7, 11) is 0. The van der Waals surface area contributed by atoms with Crippen LogP contribution in [0.25, 0.3) is 0 Å². The highest BCUT2D eigenvalue weighted by molar-refractivity contribution is 5.76. The van der Waals surface area contributed by atoms with Gasteiger partial charge in [0.2, 0.25) is 6.41 Å². The minimum atomic E-state index is -0.588. The number of hydrogen-bond acceptors (Lipinski definition) is 5. The monoisotopic (exact) mass is 253 g/mol. The first-order valence-corrected chi connectivity index (χ1v) is 5.22. The Hall–Kier alpha value is -2.15. The van der Waals surface area contributed by atoms with E-state index in [-0.39, 0.29) is 11.4 Å². The maximum Gasteiger partial charge on any atom is 0.292 e. The van der Waals surface area contributed by atoms with Gasteiger partial charge in [-0.15, -0.1) is 0 Å². The molecule has 1 rings (SSSR count). The molecule has 98 valence electrons. The van der Waals surface area contributed by atoms with Gasteiger partial charge >= 0.3 is 0 Å². The summed E-state index contributed by atoms with van der Waals surface area (Å²) in [6.07, 6.45) is 0.478. The molecule has 1 aromatic rings. The van der Waals surface area contributed by atoms with Crippen molar-refractivity contribution >= 4 is 23.5 Å². The van der Waals surface area contributed by atoms with Crippen LogP contribution in [0.2, 0.25) is 0 Å². The van der Waals surface area contributed by atoms with Crippen molar-refractivity contribution in [2.75, 3.05) is 10.8 Å². The van der Waals surface area contributed by atoms with E-state index >= 15 is 0 Å². The highest BCUT2D eigenvalue weighted by atomic mass is 16.7. The van der Waals surface area contributed by atoms with E-state index in [9.17, 15) is 14.9 Å². The van der Waals surface area contributed by atoms with E-state index in [2.05, 4.69) is 0 Å². The molecule has 0 unspecified atom stereocenters. The Bertz CT molecular complexity index is 468. The van der Waals surface area contributed by atoms with E-state index in [1.807, 2.05) is 0 Å². The van der Waals surface area contributed by atoms with Crippen LogP contribution in [0, 0.1) is 10.1 Å². The number of nitro benzene ring substituents is 1. The van der Waals surface area contributed by atoms with Crippen molar-refractivity contribution in [2.45, 2.75) is 26.4 Å². The molecular formula is C11H15N3O4. The summed E-state index contributed by atoms with van der Waals surface area (Å²) in [5, 5.41) is 11.6. The number of hydroxylamine groups is 1. The Morgan fingerprint density at radius 3 is 2.44 bits per heavy atom. The number of hydrogen-bond donors (Lipinski definition) is 1. The van der Waals surface area contributed by atoms with Crippen LogP contribution in [0.1, 0.15) is 20.8 Å². The normalized spacial score (nSPS) is 11.1. The van der Waals surface area contributed by atoms with E-state index in [4.69, 9.17) is 10.6 Å². The van der Waals surface area contributed by atoms with Gasteiger partial charge in [-0.2, -0.15) is 5.06 Å². The largest absolute Gasteiger partial charge is 0.393 e. The predicted molar refractivity (Wildman–Crippen MR) is 66.9 cm³/mol. The Morgan fingerprint density at radius 1 is 1.44 bits per heavy atom. The zero-order chi connectivity index (χ0) is 13.9. The summed E-state index contributed by atoms with van der Waals surface area (Å²) in [6, 6.07) is 3.94. The molecule has 0 aliphatic heterocycles. The second-order valence-corrected chi connectivity index (χ2v) is 4.64. The molecule has 0 aromatic heterocycles. The highest BCUT2D eigenvalue weighted by Crippen LogP contribution is 2.27. The molecule has 0 aliphatic rings. The summed E-state index contributed by atoms with van der Waals surface area (Å²) < 4.78 is 0. The lowest BCUT2D eigenvalue weighted by molar-refractivity contribution is -0.383. The summed E-state index contributed by atoms with van der Waals surface area (Å²) >= 11 is 0. The average Bonchev–Trinajstić information content (AvgIpc) is 2.24. The first-order chi connectivity index (χ1) is 8.24. The van der Waals surface area contributed by atoms with Gasteiger partial charge < -0.3 is 5.73 Å². The van der Waals surface area contributed by atoms with Gasteiger partial charge in [0.15, 0.2) is 0 Å². The fourth-order valence-corrected chi connectivity index (χ4v) is 1.28. The molecule has 0 atom stereocenters. The number of carbonyl (C=O) groups is 1. The van der Waals surface area contributed by atoms with Crippen LogP contribution < -0.4 is 10.8 Å². The SMILES string of the molecule is CC(C)(C)ON(C=O)c1ccc([N+](=O)[O-])c(N)c1. The van der Waals surface area contributed by atoms with Gasteiger partial charge in [-0.25, -0.2) is 0 Å². The number of nitrogens with zero attached hydrogens (tertiary/aromatic N) is 2. The molecule has 0 saturated heterocycles. The van der Waals surface area contributed by atoms with Crippen molar-refractivity contribution in [3.8, 4) is 0 Å². The number of nitrogen functional groups attached to an aromatic ring is 1. The number of amides is 1. The lowest BCUT2D eigenvalue weighted by Gasteiger charge is -2.26. The molecule has 0 aliphatic carbocycles. The Morgan fingerprint density at radius 2 is 2.06 bits per heavy atom. The summed E-state index contributed by atoms with van der Waals surface area (Å²) in [5.74, 6) is 0. The van der Waals surface area contributed by atoms with E-state index in [1.165, 1.54) is 18.2 Å². The lowest BCUT2D eigenvalue weighted by Crippen LogP contribution is -2.33. The van der Waals surface area contributed by atoms with E-state index in [0.717, 1.165) is 5.06 Å². The van der Waals surface area contributed by atoms with Gasteiger partial charge in [-0.3, -0.25) is 19.7 Å². The first kappa shape index (κ1) is 13.9. The Balaban J connectivity index is 3.05. The predicted octanol–water partition coefficient (Wildman–Crippen LogP) is 1.87. The van der Waals surface area contributed by atoms with Crippen LogP contribution in [-0.4, -0.2) is 16.9 Å². The molecule has 0 radical (unpaired) electrons. The van der Waals surface area contributed by atoms with Gasteiger partial charge in [0.1, 0.15) is 5.69 Å². The summed E-state index contributed by atoms with van der Waals surface area (Å²) in [4.78, 5) is 26.3. The molecule has 0 spiro atoms. The van der Waals surface area contributed by atoms with Crippen LogP contribution in [0.5, 0.6) is 0 Å². The first-order valence-electron chi connectivity index (χ1n) is 5.22. The second kappa shape index (κ2) is 5.01. The average molecular weight is 253 g/mol. The van der Waals surface area contributed by atoms with Gasteiger partial charge in [-0.1, -0.05) is 0 Å². The number of carbonyl (C=O) groups excluding carboxylic acids is 1. The zero-order valence-corrected chi connectivity index (χ0v) is 10.4. The summed E-state index contributed by atoms with van der Waals surface area (Å²) in [6.45, 7) is 5.33. The van der Waals surface area contributed by atoms with Crippen molar-refractivity contribution in [2.24, 2.45) is 0 Å². The van der Waals surface area contributed by atoms with Crippen LogP contribution in [0.3, 0.4) is 0 Å². The number of rotatable bonds is 4. The minimum Gasteiger partial charge on any atom is -0.393 e. The third-order valence-corrected chi connectivity index (χ3v) is 1.93. The van der Waals surface area contributed by atoms with E-state index in [0.29, 0.717) is 12.1 Å². The van der Waals surface area contributed by atoms with Crippen molar-refractivity contribution in [1.29, 1.82) is 0 Å². The van der Waals surface area contributed by atoms with Crippen LogP contribution in [-0.2, 0) is 9.63 Å². The van der Waals surface area contributed by atoms with Crippen LogP contribution >= 0.6 is 0 Å². The zero-order valence-electron chi connectivity index (χ0n) is 10.4. The molecular weight excluding hydrogens is 238 g/mol.